The molecule has 2 heterocycles. The number of aromatic nitrogens is 2. The summed E-state index contributed by atoms with van der Waals surface area (Å²) in [6.45, 7) is 3.36. The molecule has 0 aliphatic heterocycles. The zero-order valence-electron chi connectivity index (χ0n) is 9.75. The maximum atomic E-state index is 10.5. The van der Waals surface area contributed by atoms with Crippen molar-refractivity contribution in [2.75, 3.05) is 6.54 Å². The van der Waals surface area contributed by atoms with Crippen LogP contribution >= 0.6 is 0 Å². The van der Waals surface area contributed by atoms with Crippen LogP contribution in [0.3, 0.4) is 0 Å². The van der Waals surface area contributed by atoms with E-state index < -0.39 is 4.92 Å². The third-order valence-electron chi connectivity index (χ3n) is 2.15. The molecule has 1 N–H and O–H groups in total. The summed E-state index contributed by atoms with van der Waals surface area (Å²) in [6.07, 6.45) is 1.01. The van der Waals surface area contributed by atoms with Crippen molar-refractivity contribution in [1.29, 1.82) is 0 Å². The molecule has 0 atom stereocenters. The molecule has 0 saturated carbocycles. The van der Waals surface area contributed by atoms with Crippen LogP contribution in [0, 0.1) is 10.1 Å². The second-order valence-corrected chi connectivity index (χ2v) is 3.57. The van der Waals surface area contributed by atoms with Crippen LogP contribution in [0.15, 0.2) is 21.0 Å². The van der Waals surface area contributed by atoms with Crippen LogP contribution in [0.25, 0.3) is 11.7 Å². The number of nitrogens with one attached hydrogen (secondary N) is 1. The third-order valence-corrected chi connectivity index (χ3v) is 2.15. The Morgan fingerprint density at radius 3 is 2.89 bits per heavy atom. The van der Waals surface area contributed by atoms with E-state index in [-0.39, 0.29) is 17.5 Å². The van der Waals surface area contributed by atoms with E-state index in [9.17, 15) is 10.1 Å². The van der Waals surface area contributed by atoms with E-state index in [1.165, 1.54) is 12.1 Å². The van der Waals surface area contributed by atoms with Gasteiger partial charge in [-0.2, -0.15) is 0 Å². The van der Waals surface area contributed by atoms with Gasteiger partial charge in [-0.3, -0.25) is 10.1 Å². The molecule has 0 bridgehead atoms. The molecular formula is C10H12N4O4. The first-order valence-corrected chi connectivity index (χ1v) is 5.48. The zero-order valence-corrected chi connectivity index (χ0v) is 9.75. The molecule has 0 unspecified atom stereocenters. The number of nitro groups is 1. The van der Waals surface area contributed by atoms with Crippen molar-refractivity contribution in [3.8, 4) is 11.7 Å². The van der Waals surface area contributed by atoms with Crippen molar-refractivity contribution in [3.63, 3.8) is 0 Å². The fourth-order valence-electron chi connectivity index (χ4n) is 1.34. The lowest BCUT2D eigenvalue weighted by Gasteiger charge is -1.96. The average Bonchev–Trinajstić information content (AvgIpc) is 2.97. The summed E-state index contributed by atoms with van der Waals surface area (Å²) in [5.41, 5.74) is 0. The second-order valence-electron chi connectivity index (χ2n) is 3.57. The summed E-state index contributed by atoms with van der Waals surface area (Å²) in [5.74, 6) is 0.388. The molecule has 2 aromatic heterocycles. The summed E-state index contributed by atoms with van der Waals surface area (Å²) in [6, 6.07) is 2.67. The SMILES string of the molecule is CCCNCc1nnc(-c2ccc([N+](=O)[O-])o2)o1. The van der Waals surface area contributed by atoms with Gasteiger partial charge < -0.3 is 14.2 Å². The number of hydrogen-bond donors (Lipinski definition) is 1. The lowest BCUT2D eigenvalue weighted by atomic mass is 10.4. The first-order valence-electron chi connectivity index (χ1n) is 5.48. The summed E-state index contributed by atoms with van der Waals surface area (Å²) in [4.78, 5) is 9.84. The Kier molecular flexibility index (Phi) is 3.68. The first kappa shape index (κ1) is 12.2. The fraction of sp³-hybridized carbons (Fsp3) is 0.400. The molecular weight excluding hydrogens is 240 g/mol. The summed E-state index contributed by atoms with van der Waals surface area (Å²) < 4.78 is 10.3. The van der Waals surface area contributed by atoms with Crippen LogP contribution in [0.4, 0.5) is 5.88 Å². The number of rotatable bonds is 6. The van der Waals surface area contributed by atoms with Crippen LogP contribution in [-0.4, -0.2) is 21.7 Å². The van der Waals surface area contributed by atoms with Crippen molar-refractivity contribution < 1.29 is 13.8 Å². The Bertz CT molecular complexity index is 533. The van der Waals surface area contributed by atoms with Gasteiger partial charge in [0.25, 0.3) is 5.89 Å². The van der Waals surface area contributed by atoms with Crippen molar-refractivity contribution in [2.45, 2.75) is 19.9 Å². The predicted molar refractivity (Wildman–Crippen MR) is 60.7 cm³/mol. The van der Waals surface area contributed by atoms with Gasteiger partial charge in [0.15, 0.2) is 5.76 Å². The van der Waals surface area contributed by atoms with Crippen LogP contribution < -0.4 is 5.32 Å². The minimum absolute atomic E-state index is 0.136. The first-order chi connectivity index (χ1) is 8.70. The van der Waals surface area contributed by atoms with Gasteiger partial charge in [0, 0.05) is 0 Å². The van der Waals surface area contributed by atoms with E-state index >= 15 is 0 Å². The molecule has 0 aliphatic rings. The molecule has 0 spiro atoms. The topological polar surface area (TPSA) is 107 Å². The van der Waals surface area contributed by atoms with Gasteiger partial charge in [0.1, 0.15) is 4.92 Å². The van der Waals surface area contributed by atoms with E-state index in [4.69, 9.17) is 8.83 Å². The van der Waals surface area contributed by atoms with Crippen molar-refractivity contribution in [2.24, 2.45) is 0 Å². The van der Waals surface area contributed by atoms with Gasteiger partial charge in [-0.25, -0.2) is 0 Å². The fourth-order valence-corrected chi connectivity index (χ4v) is 1.34. The Morgan fingerprint density at radius 2 is 2.22 bits per heavy atom. The maximum absolute atomic E-state index is 10.5. The minimum atomic E-state index is -0.621. The van der Waals surface area contributed by atoms with E-state index in [0.717, 1.165) is 13.0 Å². The Morgan fingerprint density at radius 1 is 1.39 bits per heavy atom. The van der Waals surface area contributed by atoms with E-state index in [2.05, 4.69) is 15.5 Å². The molecule has 18 heavy (non-hydrogen) atoms. The van der Waals surface area contributed by atoms with Crippen LogP contribution in [-0.2, 0) is 6.54 Å². The van der Waals surface area contributed by atoms with Crippen molar-refractivity contribution in [3.05, 3.63) is 28.1 Å². The number of nitrogens with zero attached hydrogens (tertiary/aromatic N) is 3. The highest BCUT2D eigenvalue weighted by atomic mass is 16.6. The van der Waals surface area contributed by atoms with Gasteiger partial charge in [0.2, 0.25) is 5.89 Å². The molecule has 2 rings (SSSR count). The van der Waals surface area contributed by atoms with Gasteiger partial charge in [-0.15, -0.1) is 10.2 Å². The molecule has 0 amide bonds. The number of furan rings is 1. The third kappa shape index (κ3) is 2.72. The Hall–Kier alpha value is -2.22. The van der Waals surface area contributed by atoms with Gasteiger partial charge >= 0.3 is 5.88 Å². The molecule has 8 heteroatoms. The Balaban J connectivity index is 2.06. The highest BCUT2D eigenvalue weighted by molar-refractivity contribution is 5.45. The largest absolute Gasteiger partial charge is 0.433 e. The van der Waals surface area contributed by atoms with Gasteiger partial charge in [-0.1, -0.05) is 6.92 Å². The Labute approximate surface area is 102 Å². The van der Waals surface area contributed by atoms with Gasteiger partial charge in [-0.05, 0) is 19.0 Å². The zero-order chi connectivity index (χ0) is 13.0. The predicted octanol–water partition coefficient (Wildman–Crippen LogP) is 1.74. The highest BCUT2D eigenvalue weighted by Gasteiger charge is 2.17. The van der Waals surface area contributed by atoms with Gasteiger partial charge in [0.05, 0.1) is 12.6 Å². The van der Waals surface area contributed by atoms with Crippen molar-refractivity contribution in [1.82, 2.24) is 15.5 Å². The standard InChI is InChI=1S/C10H12N4O4/c1-2-5-11-6-8-12-13-10(18-8)7-3-4-9(17-7)14(15)16/h3-4,11H,2,5-6H2,1H3. The summed E-state index contributed by atoms with van der Waals surface area (Å²) in [5, 5.41) is 21.1. The summed E-state index contributed by atoms with van der Waals surface area (Å²) >= 11 is 0. The highest BCUT2D eigenvalue weighted by Crippen LogP contribution is 2.24. The molecule has 96 valence electrons. The molecule has 0 saturated heterocycles. The lowest BCUT2D eigenvalue weighted by molar-refractivity contribution is -0.401. The quantitative estimate of drug-likeness (QED) is 0.474. The van der Waals surface area contributed by atoms with Crippen LogP contribution in [0.5, 0.6) is 0 Å². The minimum Gasteiger partial charge on any atom is -0.417 e. The molecule has 0 fully saturated rings. The normalized spacial score (nSPS) is 10.7. The van der Waals surface area contributed by atoms with Crippen molar-refractivity contribution >= 4 is 5.88 Å². The maximum Gasteiger partial charge on any atom is 0.433 e. The monoisotopic (exact) mass is 252 g/mol. The average molecular weight is 252 g/mol. The van der Waals surface area contributed by atoms with Crippen LogP contribution in [0.2, 0.25) is 0 Å². The molecule has 0 radical (unpaired) electrons. The smallest absolute Gasteiger partial charge is 0.417 e. The molecule has 0 aliphatic carbocycles. The summed E-state index contributed by atoms with van der Waals surface area (Å²) in [7, 11) is 0. The van der Waals surface area contributed by atoms with Crippen LogP contribution in [0.1, 0.15) is 19.2 Å². The van der Waals surface area contributed by atoms with E-state index in [1.807, 2.05) is 6.92 Å². The molecule has 0 aromatic carbocycles. The van der Waals surface area contributed by atoms with E-state index in [0.29, 0.717) is 12.4 Å². The number of hydrogen-bond acceptors (Lipinski definition) is 7. The molecule has 2 aromatic rings. The van der Waals surface area contributed by atoms with E-state index in [1.54, 1.807) is 0 Å². The second kappa shape index (κ2) is 5.41. The molecule has 8 nitrogen and oxygen atoms in total. The lowest BCUT2D eigenvalue weighted by Crippen LogP contribution is -2.13.